The highest BCUT2D eigenvalue weighted by Crippen LogP contribution is 2.17. The SMILES string of the molecule is CCC(=O)NC(CC)C(NC)C(=O)CC(CCCCN)C(C)=O. The fourth-order valence-corrected chi connectivity index (χ4v) is 2.67. The molecule has 0 aromatic heterocycles. The monoisotopic (exact) mass is 327 g/mol. The van der Waals surface area contributed by atoms with Crippen LogP contribution in [0.2, 0.25) is 0 Å². The van der Waals surface area contributed by atoms with Crippen molar-refractivity contribution in [2.24, 2.45) is 11.7 Å². The van der Waals surface area contributed by atoms with Gasteiger partial charge in [-0.1, -0.05) is 20.3 Å². The molecular weight excluding hydrogens is 294 g/mol. The van der Waals surface area contributed by atoms with Crippen LogP contribution in [-0.2, 0) is 14.4 Å². The van der Waals surface area contributed by atoms with E-state index in [0.29, 0.717) is 25.8 Å². The second-order valence-electron chi connectivity index (χ2n) is 5.96. The first-order valence-electron chi connectivity index (χ1n) is 8.60. The summed E-state index contributed by atoms with van der Waals surface area (Å²) in [5, 5.41) is 5.88. The number of Topliss-reactive ketones (excluding diaryl/α,β-unsaturated/α-hetero) is 2. The third kappa shape index (κ3) is 8.23. The van der Waals surface area contributed by atoms with Gasteiger partial charge >= 0.3 is 0 Å². The zero-order valence-corrected chi connectivity index (χ0v) is 15.0. The molecule has 0 rings (SSSR count). The molecular formula is C17H33N3O3. The first-order chi connectivity index (χ1) is 10.9. The lowest BCUT2D eigenvalue weighted by atomic mass is 9.88. The standard InChI is InChI=1S/C17H33N3O3/c1-5-14(20-16(23)6-2)17(19-4)15(22)11-13(12(3)21)9-7-8-10-18/h13-14,17,19H,5-11,18H2,1-4H3,(H,20,23). The molecule has 0 spiro atoms. The van der Waals surface area contributed by atoms with Crippen LogP contribution in [0.1, 0.15) is 59.3 Å². The number of unbranched alkanes of at least 4 members (excludes halogenated alkanes) is 1. The van der Waals surface area contributed by atoms with Crippen LogP contribution in [0, 0.1) is 5.92 Å². The summed E-state index contributed by atoms with van der Waals surface area (Å²) in [5.41, 5.74) is 5.48. The number of hydrogen-bond donors (Lipinski definition) is 3. The van der Waals surface area contributed by atoms with E-state index in [9.17, 15) is 14.4 Å². The molecule has 6 nitrogen and oxygen atoms in total. The smallest absolute Gasteiger partial charge is 0.219 e. The van der Waals surface area contributed by atoms with Gasteiger partial charge < -0.3 is 16.4 Å². The third-order valence-electron chi connectivity index (χ3n) is 4.20. The van der Waals surface area contributed by atoms with Crippen molar-refractivity contribution in [3.63, 3.8) is 0 Å². The lowest BCUT2D eigenvalue weighted by Crippen LogP contribution is -2.53. The van der Waals surface area contributed by atoms with Crippen molar-refractivity contribution in [2.75, 3.05) is 13.6 Å². The third-order valence-corrected chi connectivity index (χ3v) is 4.20. The highest BCUT2D eigenvalue weighted by atomic mass is 16.2. The Morgan fingerprint density at radius 1 is 1.13 bits per heavy atom. The zero-order valence-electron chi connectivity index (χ0n) is 15.0. The van der Waals surface area contributed by atoms with E-state index >= 15 is 0 Å². The minimum Gasteiger partial charge on any atom is -0.351 e. The average molecular weight is 327 g/mol. The van der Waals surface area contributed by atoms with E-state index in [-0.39, 0.29) is 35.9 Å². The summed E-state index contributed by atoms with van der Waals surface area (Å²) in [6.07, 6.45) is 3.65. The Morgan fingerprint density at radius 2 is 1.78 bits per heavy atom. The molecule has 0 aliphatic rings. The zero-order chi connectivity index (χ0) is 17.8. The molecule has 1 amide bonds. The fourth-order valence-electron chi connectivity index (χ4n) is 2.67. The number of hydrogen-bond acceptors (Lipinski definition) is 5. The maximum absolute atomic E-state index is 12.6. The minimum absolute atomic E-state index is 0.0244. The number of nitrogens with two attached hydrogens (primary N) is 1. The van der Waals surface area contributed by atoms with Crippen LogP contribution in [0.5, 0.6) is 0 Å². The van der Waals surface area contributed by atoms with Crippen molar-refractivity contribution >= 4 is 17.5 Å². The Morgan fingerprint density at radius 3 is 2.22 bits per heavy atom. The van der Waals surface area contributed by atoms with Gasteiger partial charge in [-0.2, -0.15) is 0 Å². The van der Waals surface area contributed by atoms with Gasteiger partial charge in [-0.05, 0) is 39.8 Å². The topological polar surface area (TPSA) is 101 Å². The maximum Gasteiger partial charge on any atom is 0.219 e. The summed E-state index contributed by atoms with van der Waals surface area (Å²) in [4.78, 5) is 36.0. The maximum atomic E-state index is 12.6. The molecule has 23 heavy (non-hydrogen) atoms. The van der Waals surface area contributed by atoms with Crippen LogP contribution in [0.25, 0.3) is 0 Å². The van der Waals surface area contributed by atoms with Crippen LogP contribution in [-0.4, -0.2) is 43.1 Å². The molecule has 0 aliphatic heterocycles. The van der Waals surface area contributed by atoms with Crippen LogP contribution < -0.4 is 16.4 Å². The summed E-state index contributed by atoms with van der Waals surface area (Å²) in [7, 11) is 1.71. The van der Waals surface area contributed by atoms with Crippen LogP contribution in [0.4, 0.5) is 0 Å². The predicted octanol–water partition coefficient (Wildman–Crippen LogP) is 1.17. The molecule has 134 valence electrons. The fraction of sp³-hybridized carbons (Fsp3) is 0.824. The second-order valence-corrected chi connectivity index (χ2v) is 5.96. The van der Waals surface area contributed by atoms with E-state index in [1.807, 2.05) is 6.92 Å². The minimum atomic E-state index is -0.466. The molecule has 3 unspecified atom stereocenters. The van der Waals surface area contributed by atoms with E-state index < -0.39 is 6.04 Å². The molecule has 4 N–H and O–H groups in total. The lowest BCUT2D eigenvalue weighted by Gasteiger charge is -2.27. The van der Waals surface area contributed by atoms with Crippen molar-refractivity contribution in [3.05, 3.63) is 0 Å². The van der Waals surface area contributed by atoms with Crippen molar-refractivity contribution in [3.8, 4) is 0 Å². The lowest BCUT2D eigenvalue weighted by molar-refractivity contribution is -0.129. The number of rotatable bonds is 13. The summed E-state index contributed by atoms with van der Waals surface area (Å²) in [5.74, 6) is -0.320. The van der Waals surface area contributed by atoms with Gasteiger partial charge in [0.15, 0.2) is 5.78 Å². The summed E-state index contributed by atoms with van der Waals surface area (Å²) < 4.78 is 0. The van der Waals surface area contributed by atoms with Crippen LogP contribution >= 0.6 is 0 Å². The van der Waals surface area contributed by atoms with Crippen molar-refractivity contribution < 1.29 is 14.4 Å². The second kappa shape index (κ2) is 12.2. The Balaban J connectivity index is 4.82. The Bertz CT molecular complexity index is 385. The van der Waals surface area contributed by atoms with Gasteiger partial charge in [-0.25, -0.2) is 0 Å². The van der Waals surface area contributed by atoms with E-state index in [0.717, 1.165) is 12.8 Å². The molecule has 0 saturated carbocycles. The van der Waals surface area contributed by atoms with E-state index in [1.165, 1.54) is 6.92 Å². The van der Waals surface area contributed by atoms with Gasteiger partial charge in [-0.15, -0.1) is 0 Å². The quantitative estimate of drug-likeness (QED) is 0.441. The molecule has 0 bridgehead atoms. The number of carbonyl (C=O) groups is 3. The Labute approximate surface area is 140 Å². The first-order valence-corrected chi connectivity index (χ1v) is 8.60. The van der Waals surface area contributed by atoms with Gasteiger partial charge in [0.1, 0.15) is 5.78 Å². The summed E-state index contributed by atoms with van der Waals surface area (Å²) in [6.45, 7) is 5.84. The van der Waals surface area contributed by atoms with Crippen molar-refractivity contribution in [2.45, 2.75) is 71.4 Å². The molecule has 0 fully saturated rings. The summed E-state index contributed by atoms with van der Waals surface area (Å²) in [6, 6.07) is -0.719. The first kappa shape index (κ1) is 21.7. The van der Waals surface area contributed by atoms with Gasteiger partial charge in [-0.3, -0.25) is 14.4 Å². The van der Waals surface area contributed by atoms with E-state index in [1.54, 1.807) is 14.0 Å². The number of ketones is 2. The van der Waals surface area contributed by atoms with Gasteiger partial charge in [0.25, 0.3) is 0 Å². The van der Waals surface area contributed by atoms with Gasteiger partial charge in [0, 0.05) is 18.8 Å². The Kier molecular flexibility index (Phi) is 11.5. The van der Waals surface area contributed by atoms with E-state index in [4.69, 9.17) is 5.73 Å². The molecule has 0 aromatic carbocycles. The number of likely N-dealkylation sites (N-methyl/N-ethyl adjacent to an activating group) is 1. The summed E-state index contributed by atoms with van der Waals surface area (Å²) >= 11 is 0. The largest absolute Gasteiger partial charge is 0.351 e. The van der Waals surface area contributed by atoms with Crippen molar-refractivity contribution in [1.29, 1.82) is 0 Å². The highest BCUT2D eigenvalue weighted by Gasteiger charge is 2.29. The normalized spacial score (nSPS) is 14.8. The Hall–Kier alpha value is -1.27. The highest BCUT2D eigenvalue weighted by molar-refractivity contribution is 5.90. The van der Waals surface area contributed by atoms with Gasteiger partial charge in [0.05, 0.1) is 12.1 Å². The van der Waals surface area contributed by atoms with Gasteiger partial charge in [0.2, 0.25) is 5.91 Å². The van der Waals surface area contributed by atoms with Crippen LogP contribution in [0.3, 0.4) is 0 Å². The number of amides is 1. The molecule has 0 aromatic rings. The number of nitrogens with one attached hydrogen (secondary N) is 2. The number of carbonyl (C=O) groups excluding carboxylic acids is 3. The molecule has 3 atom stereocenters. The predicted molar refractivity (Wildman–Crippen MR) is 92.1 cm³/mol. The average Bonchev–Trinajstić information content (AvgIpc) is 2.53. The molecule has 0 heterocycles. The van der Waals surface area contributed by atoms with Crippen molar-refractivity contribution in [1.82, 2.24) is 10.6 Å². The van der Waals surface area contributed by atoms with E-state index in [2.05, 4.69) is 10.6 Å². The molecule has 0 aliphatic carbocycles. The van der Waals surface area contributed by atoms with Crippen LogP contribution in [0.15, 0.2) is 0 Å². The molecule has 0 radical (unpaired) electrons. The molecule has 0 saturated heterocycles. The molecule has 6 heteroatoms.